The molecule has 224 valence electrons. The van der Waals surface area contributed by atoms with E-state index in [4.69, 9.17) is 19.7 Å². The molecule has 0 bridgehead atoms. The number of aromatic amines is 1. The van der Waals surface area contributed by atoms with E-state index >= 15 is 0 Å². The summed E-state index contributed by atoms with van der Waals surface area (Å²) in [5.74, 6) is 0.317. The SMILES string of the molecule is CCCC/C(N)=C(\Cc1ccc(-c2ccccc2-c2noc(=O)[nH]2)cc1)C(=O)Nc1ccc(OC2CCOC(C)C2)cc1. The lowest BCUT2D eigenvalue weighted by Crippen LogP contribution is -2.30. The summed E-state index contributed by atoms with van der Waals surface area (Å²) in [4.78, 5) is 27.6. The fraction of sp³-hybridized carbons (Fsp3) is 0.324. The second-order valence-electron chi connectivity index (χ2n) is 10.9. The fourth-order valence-corrected chi connectivity index (χ4v) is 5.23. The highest BCUT2D eigenvalue weighted by molar-refractivity contribution is 6.04. The molecule has 1 amide bonds. The summed E-state index contributed by atoms with van der Waals surface area (Å²) >= 11 is 0. The Kier molecular flexibility index (Phi) is 9.73. The van der Waals surface area contributed by atoms with Crippen molar-refractivity contribution >= 4 is 11.6 Å². The summed E-state index contributed by atoms with van der Waals surface area (Å²) in [5.41, 5.74) is 11.9. The van der Waals surface area contributed by atoms with Crippen LogP contribution in [0.3, 0.4) is 0 Å². The number of nitrogens with two attached hydrogens (primary N) is 1. The van der Waals surface area contributed by atoms with Gasteiger partial charge in [0, 0.05) is 41.8 Å². The number of anilines is 1. The van der Waals surface area contributed by atoms with Gasteiger partial charge in [0.15, 0.2) is 5.82 Å². The van der Waals surface area contributed by atoms with Gasteiger partial charge in [0.2, 0.25) is 0 Å². The van der Waals surface area contributed by atoms with Gasteiger partial charge in [-0.3, -0.25) is 14.3 Å². The third-order valence-electron chi connectivity index (χ3n) is 7.58. The molecule has 0 aliphatic carbocycles. The molecule has 0 radical (unpaired) electrons. The van der Waals surface area contributed by atoms with Crippen LogP contribution in [0.5, 0.6) is 5.75 Å². The molecular formula is C34H38N4O5. The Morgan fingerprint density at radius 3 is 2.49 bits per heavy atom. The lowest BCUT2D eigenvalue weighted by Gasteiger charge is -2.27. The molecule has 4 N–H and O–H groups in total. The molecule has 9 heteroatoms. The number of aromatic nitrogens is 2. The smallest absolute Gasteiger partial charge is 0.439 e. The number of H-pyrrole nitrogens is 1. The Bertz CT molecular complexity index is 1600. The van der Waals surface area contributed by atoms with Gasteiger partial charge in [0.25, 0.3) is 5.91 Å². The minimum absolute atomic E-state index is 0.128. The molecule has 1 saturated heterocycles. The average molecular weight is 583 g/mol. The molecule has 2 unspecified atom stereocenters. The van der Waals surface area contributed by atoms with E-state index in [0.717, 1.165) is 53.7 Å². The molecule has 43 heavy (non-hydrogen) atoms. The number of ether oxygens (including phenoxy) is 2. The number of amides is 1. The molecular weight excluding hydrogens is 544 g/mol. The molecule has 2 heterocycles. The van der Waals surface area contributed by atoms with Crippen LogP contribution in [-0.2, 0) is 16.0 Å². The maximum Gasteiger partial charge on any atom is 0.439 e. The third-order valence-corrected chi connectivity index (χ3v) is 7.58. The number of carbonyl (C=O) groups is 1. The Balaban J connectivity index is 1.30. The highest BCUT2D eigenvalue weighted by atomic mass is 16.5. The molecule has 0 spiro atoms. The predicted molar refractivity (Wildman–Crippen MR) is 167 cm³/mol. The predicted octanol–water partition coefficient (Wildman–Crippen LogP) is 6.23. The van der Waals surface area contributed by atoms with E-state index in [1.54, 1.807) is 0 Å². The van der Waals surface area contributed by atoms with E-state index in [1.807, 2.05) is 72.8 Å². The summed E-state index contributed by atoms with van der Waals surface area (Å²) in [6.45, 7) is 4.86. The first kappa shape index (κ1) is 29.8. The van der Waals surface area contributed by atoms with Crippen LogP contribution in [0.2, 0.25) is 0 Å². The Labute approximate surface area is 251 Å². The van der Waals surface area contributed by atoms with Gasteiger partial charge >= 0.3 is 5.76 Å². The number of nitrogens with one attached hydrogen (secondary N) is 2. The van der Waals surface area contributed by atoms with Crippen LogP contribution in [0, 0.1) is 0 Å². The Morgan fingerprint density at radius 1 is 1.07 bits per heavy atom. The number of hydrogen-bond acceptors (Lipinski definition) is 7. The van der Waals surface area contributed by atoms with Gasteiger partial charge in [-0.05, 0) is 60.7 Å². The highest BCUT2D eigenvalue weighted by Gasteiger charge is 2.21. The quantitative estimate of drug-likeness (QED) is 0.179. The number of hydrogen-bond donors (Lipinski definition) is 3. The van der Waals surface area contributed by atoms with E-state index < -0.39 is 5.76 Å². The minimum Gasteiger partial charge on any atom is -0.490 e. The van der Waals surface area contributed by atoms with E-state index in [-0.39, 0.29) is 18.1 Å². The van der Waals surface area contributed by atoms with Crippen LogP contribution >= 0.6 is 0 Å². The lowest BCUT2D eigenvalue weighted by atomic mass is 9.95. The van der Waals surface area contributed by atoms with Gasteiger partial charge in [-0.1, -0.05) is 67.0 Å². The Hall–Kier alpha value is -4.63. The van der Waals surface area contributed by atoms with Crippen LogP contribution in [-0.4, -0.2) is 34.9 Å². The molecule has 1 aliphatic rings. The standard InChI is InChI=1S/C34H38N4O5/c1-3-4-9-31(35)30(33(39)36-25-14-16-26(17-15-25)42-27-18-19-41-22(2)20-27)21-23-10-12-24(13-11-23)28-7-5-6-8-29(28)32-37-34(40)43-38-32/h5-8,10-17,22,27H,3-4,9,18-21,35H2,1-2H3,(H,36,39)(H,37,38,40)/b31-30-. The zero-order valence-electron chi connectivity index (χ0n) is 24.6. The number of carbonyl (C=O) groups excluding carboxylic acids is 1. The molecule has 4 aromatic rings. The molecule has 1 fully saturated rings. The average Bonchev–Trinajstić information content (AvgIpc) is 3.46. The third kappa shape index (κ3) is 7.81. The summed E-state index contributed by atoms with van der Waals surface area (Å²) in [5, 5.41) is 6.87. The Morgan fingerprint density at radius 2 is 1.81 bits per heavy atom. The normalized spacial score (nSPS) is 17.3. The number of nitrogens with zero attached hydrogens (tertiary/aromatic N) is 1. The second kappa shape index (κ2) is 14.0. The summed E-state index contributed by atoms with van der Waals surface area (Å²) < 4.78 is 16.4. The molecule has 9 nitrogen and oxygen atoms in total. The summed E-state index contributed by atoms with van der Waals surface area (Å²) in [6, 6.07) is 23.0. The van der Waals surface area contributed by atoms with Crippen molar-refractivity contribution in [3.05, 3.63) is 100 Å². The monoisotopic (exact) mass is 582 g/mol. The van der Waals surface area contributed by atoms with Crippen molar-refractivity contribution in [2.45, 2.75) is 64.6 Å². The van der Waals surface area contributed by atoms with E-state index in [2.05, 4.69) is 29.3 Å². The zero-order valence-corrected chi connectivity index (χ0v) is 24.6. The van der Waals surface area contributed by atoms with Crippen LogP contribution in [0.25, 0.3) is 22.5 Å². The van der Waals surface area contributed by atoms with Crippen molar-refractivity contribution in [1.82, 2.24) is 10.1 Å². The van der Waals surface area contributed by atoms with Crippen molar-refractivity contribution in [1.29, 1.82) is 0 Å². The van der Waals surface area contributed by atoms with E-state index in [9.17, 15) is 9.59 Å². The molecule has 5 rings (SSSR count). The van der Waals surface area contributed by atoms with Gasteiger partial charge in [-0.15, -0.1) is 0 Å². The summed E-state index contributed by atoms with van der Waals surface area (Å²) in [6.07, 6.45) is 4.97. The first-order valence-electron chi connectivity index (χ1n) is 14.8. The van der Waals surface area contributed by atoms with Gasteiger partial charge < -0.3 is 20.5 Å². The van der Waals surface area contributed by atoms with E-state index in [0.29, 0.717) is 42.2 Å². The van der Waals surface area contributed by atoms with Crippen molar-refractivity contribution in [2.75, 3.05) is 11.9 Å². The van der Waals surface area contributed by atoms with Crippen molar-refractivity contribution in [2.24, 2.45) is 5.73 Å². The number of rotatable bonds is 11. The van der Waals surface area contributed by atoms with Crippen LogP contribution in [0.4, 0.5) is 5.69 Å². The van der Waals surface area contributed by atoms with Gasteiger partial charge in [-0.2, -0.15) is 0 Å². The van der Waals surface area contributed by atoms with Crippen molar-refractivity contribution < 1.29 is 18.8 Å². The van der Waals surface area contributed by atoms with Gasteiger partial charge in [0.05, 0.1) is 12.7 Å². The fourth-order valence-electron chi connectivity index (χ4n) is 5.23. The summed E-state index contributed by atoms with van der Waals surface area (Å²) in [7, 11) is 0. The molecule has 1 aromatic heterocycles. The topological polar surface area (TPSA) is 132 Å². The number of benzene rings is 3. The van der Waals surface area contributed by atoms with Crippen molar-refractivity contribution in [3.63, 3.8) is 0 Å². The van der Waals surface area contributed by atoms with Crippen LogP contribution in [0.1, 0.15) is 51.5 Å². The second-order valence-corrected chi connectivity index (χ2v) is 10.9. The van der Waals surface area contributed by atoms with Crippen LogP contribution in [0.15, 0.2) is 93.4 Å². The van der Waals surface area contributed by atoms with Crippen LogP contribution < -0.4 is 21.5 Å². The molecule has 1 aliphatic heterocycles. The highest BCUT2D eigenvalue weighted by Crippen LogP contribution is 2.30. The largest absolute Gasteiger partial charge is 0.490 e. The van der Waals surface area contributed by atoms with Gasteiger partial charge in [0.1, 0.15) is 11.9 Å². The van der Waals surface area contributed by atoms with E-state index in [1.165, 1.54) is 0 Å². The zero-order chi connectivity index (χ0) is 30.2. The van der Waals surface area contributed by atoms with Gasteiger partial charge in [-0.25, -0.2) is 4.79 Å². The first-order chi connectivity index (χ1) is 20.9. The maximum absolute atomic E-state index is 13.5. The first-order valence-corrected chi connectivity index (χ1v) is 14.8. The number of allylic oxidation sites excluding steroid dienone is 1. The minimum atomic E-state index is -0.604. The number of unbranched alkanes of at least 4 members (excludes halogenated alkanes) is 1. The maximum atomic E-state index is 13.5. The lowest BCUT2D eigenvalue weighted by molar-refractivity contribution is -0.113. The van der Waals surface area contributed by atoms with Crippen molar-refractivity contribution in [3.8, 4) is 28.3 Å². The molecule has 2 atom stereocenters. The molecule has 3 aromatic carbocycles. The molecule has 0 saturated carbocycles.